The van der Waals surface area contributed by atoms with Gasteiger partial charge in [-0.2, -0.15) is 16.3 Å². The van der Waals surface area contributed by atoms with Gasteiger partial charge in [-0.25, -0.2) is 4.79 Å². The van der Waals surface area contributed by atoms with Crippen LogP contribution in [-0.2, 0) is 26.5 Å². The third kappa shape index (κ3) is 3.61. The van der Waals surface area contributed by atoms with Crippen molar-refractivity contribution in [2.75, 3.05) is 6.54 Å². The van der Waals surface area contributed by atoms with Crippen LogP contribution in [0, 0.1) is 0 Å². The molecule has 1 aromatic carbocycles. The number of urea groups is 1. The van der Waals surface area contributed by atoms with Crippen LogP contribution in [0.4, 0.5) is 4.79 Å². The molecule has 4 rings (SSSR count). The minimum atomic E-state index is -1.24. The lowest BCUT2D eigenvalue weighted by atomic mass is 9.92. The van der Waals surface area contributed by atoms with Crippen LogP contribution in [0.3, 0.4) is 0 Å². The smallest absolute Gasteiger partial charge is 0.326 e. The van der Waals surface area contributed by atoms with Gasteiger partial charge in [-0.1, -0.05) is 35.5 Å². The third-order valence-corrected chi connectivity index (χ3v) is 5.20. The van der Waals surface area contributed by atoms with Crippen LogP contribution in [0.5, 0.6) is 0 Å². The lowest BCUT2D eigenvalue weighted by Gasteiger charge is -2.21. The first-order valence-corrected chi connectivity index (χ1v) is 9.62. The molecular weight excluding hydrogens is 396 g/mol. The maximum atomic E-state index is 12.8. The van der Waals surface area contributed by atoms with Crippen molar-refractivity contribution in [2.45, 2.75) is 19.1 Å². The summed E-state index contributed by atoms with van der Waals surface area (Å²) in [5.74, 6) is -0.778. The number of nitrogens with zero attached hydrogens (tertiary/aromatic N) is 3. The zero-order valence-electron chi connectivity index (χ0n) is 15.3. The minimum Gasteiger partial charge on any atom is -0.454 e. The molecule has 9 nitrogen and oxygen atoms in total. The molecule has 1 atom stereocenters. The number of thiophene rings is 1. The van der Waals surface area contributed by atoms with Gasteiger partial charge in [0, 0.05) is 10.9 Å². The van der Waals surface area contributed by atoms with Gasteiger partial charge >= 0.3 is 12.0 Å². The number of ether oxygens (including phenoxy) is 1. The molecule has 0 aliphatic carbocycles. The normalized spacial score (nSPS) is 18.7. The summed E-state index contributed by atoms with van der Waals surface area (Å²) in [6, 6.07) is 10.0. The van der Waals surface area contributed by atoms with Crippen molar-refractivity contribution in [3.05, 3.63) is 58.6 Å². The Kier molecular flexibility index (Phi) is 4.85. The van der Waals surface area contributed by atoms with Gasteiger partial charge < -0.3 is 14.6 Å². The SMILES string of the molecule is C[C@@]1(c2ccccc2)NC(=O)N(CC(=O)OCc2nc(-c3ccsc3)no2)C1=O. The molecule has 0 bridgehead atoms. The highest BCUT2D eigenvalue weighted by Crippen LogP contribution is 2.28. The number of carbonyl (C=O) groups is 3. The Labute approximate surface area is 169 Å². The van der Waals surface area contributed by atoms with E-state index in [4.69, 9.17) is 9.26 Å². The summed E-state index contributed by atoms with van der Waals surface area (Å²) in [6.07, 6.45) is 0. The summed E-state index contributed by atoms with van der Waals surface area (Å²) >= 11 is 1.50. The van der Waals surface area contributed by atoms with Crippen LogP contribution in [0.25, 0.3) is 11.4 Å². The molecule has 1 aliphatic heterocycles. The Balaban J connectivity index is 1.37. The Bertz CT molecular complexity index is 1050. The molecule has 0 radical (unpaired) electrons. The molecule has 148 valence electrons. The van der Waals surface area contributed by atoms with Gasteiger partial charge in [-0.15, -0.1) is 0 Å². The Morgan fingerprint density at radius 3 is 2.79 bits per heavy atom. The highest BCUT2D eigenvalue weighted by atomic mass is 32.1. The molecule has 1 saturated heterocycles. The molecule has 1 fully saturated rings. The highest BCUT2D eigenvalue weighted by Gasteiger charge is 2.49. The molecule has 0 unspecified atom stereocenters. The fraction of sp³-hybridized carbons (Fsp3) is 0.211. The largest absolute Gasteiger partial charge is 0.454 e. The van der Waals surface area contributed by atoms with E-state index in [0.717, 1.165) is 10.5 Å². The van der Waals surface area contributed by atoms with Gasteiger partial charge in [0.1, 0.15) is 12.1 Å². The molecule has 3 heterocycles. The predicted molar refractivity (Wildman–Crippen MR) is 101 cm³/mol. The molecule has 2 aromatic heterocycles. The Hall–Kier alpha value is -3.53. The fourth-order valence-electron chi connectivity index (χ4n) is 2.95. The molecule has 3 aromatic rings. The fourth-order valence-corrected chi connectivity index (χ4v) is 3.58. The topological polar surface area (TPSA) is 115 Å². The quantitative estimate of drug-likeness (QED) is 0.488. The lowest BCUT2D eigenvalue weighted by Crippen LogP contribution is -2.41. The Morgan fingerprint density at radius 1 is 1.28 bits per heavy atom. The molecule has 29 heavy (non-hydrogen) atoms. The second-order valence-corrected chi connectivity index (χ2v) is 7.28. The second kappa shape index (κ2) is 7.47. The van der Waals surface area contributed by atoms with Gasteiger partial charge in [-0.3, -0.25) is 14.5 Å². The average molecular weight is 412 g/mol. The summed E-state index contributed by atoms with van der Waals surface area (Å²) in [4.78, 5) is 42.2. The highest BCUT2D eigenvalue weighted by molar-refractivity contribution is 7.08. The van der Waals surface area contributed by atoms with E-state index >= 15 is 0 Å². The summed E-state index contributed by atoms with van der Waals surface area (Å²) in [6.45, 7) is 0.826. The number of esters is 1. The molecule has 1 aliphatic rings. The molecule has 1 N–H and O–H groups in total. The zero-order valence-corrected chi connectivity index (χ0v) is 16.1. The third-order valence-electron chi connectivity index (χ3n) is 4.52. The van der Waals surface area contributed by atoms with E-state index in [-0.39, 0.29) is 12.5 Å². The van der Waals surface area contributed by atoms with Crippen molar-refractivity contribution < 1.29 is 23.6 Å². The van der Waals surface area contributed by atoms with Crippen LogP contribution in [0.15, 0.2) is 51.7 Å². The van der Waals surface area contributed by atoms with Crippen LogP contribution >= 0.6 is 11.3 Å². The zero-order chi connectivity index (χ0) is 20.4. The summed E-state index contributed by atoms with van der Waals surface area (Å²) in [5.41, 5.74) is 0.192. The van der Waals surface area contributed by atoms with E-state index in [9.17, 15) is 14.4 Å². The molecular formula is C19H16N4O5S. The number of aromatic nitrogens is 2. The lowest BCUT2D eigenvalue weighted by molar-refractivity contribution is -0.149. The summed E-state index contributed by atoms with van der Waals surface area (Å²) < 4.78 is 10.1. The van der Waals surface area contributed by atoms with Crippen molar-refractivity contribution in [1.29, 1.82) is 0 Å². The van der Waals surface area contributed by atoms with Gasteiger partial charge in [0.15, 0.2) is 6.61 Å². The maximum absolute atomic E-state index is 12.8. The molecule has 3 amide bonds. The van der Waals surface area contributed by atoms with Crippen LogP contribution < -0.4 is 5.32 Å². The summed E-state index contributed by atoms with van der Waals surface area (Å²) in [7, 11) is 0. The molecule has 0 spiro atoms. The molecule has 0 saturated carbocycles. The number of amides is 3. The van der Waals surface area contributed by atoms with Crippen molar-refractivity contribution in [1.82, 2.24) is 20.4 Å². The minimum absolute atomic E-state index is 0.117. The van der Waals surface area contributed by atoms with E-state index < -0.39 is 30.0 Å². The summed E-state index contributed by atoms with van der Waals surface area (Å²) in [5, 5.41) is 10.2. The number of carbonyl (C=O) groups excluding carboxylic acids is 3. The predicted octanol–water partition coefficient (Wildman–Crippen LogP) is 2.31. The maximum Gasteiger partial charge on any atom is 0.326 e. The van der Waals surface area contributed by atoms with Crippen molar-refractivity contribution in [3.8, 4) is 11.4 Å². The van der Waals surface area contributed by atoms with Gasteiger partial charge in [0.25, 0.3) is 11.8 Å². The second-order valence-electron chi connectivity index (χ2n) is 6.50. The first-order chi connectivity index (χ1) is 14.0. The van der Waals surface area contributed by atoms with Gasteiger partial charge in [0.05, 0.1) is 0 Å². The standard InChI is InChI=1S/C19H16N4O5S/c1-19(13-5-3-2-4-6-13)17(25)23(18(26)21-19)9-15(24)27-10-14-20-16(22-28-14)12-7-8-29-11-12/h2-8,11H,9-10H2,1H3,(H,21,26)/t19-/m0/s1. The van der Waals surface area contributed by atoms with E-state index in [2.05, 4.69) is 15.5 Å². The van der Waals surface area contributed by atoms with E-state index in [0.29, 0.717) is 11.4 Å². The van der Waals surface area contributed by atoms with Crippen molar-refractivity contribution >= 4 is 29.2 Å². The van der Waals surface area contributed by atoms with Crippen molar-refractivity contribution in [2.24, 2.45) is 0 Å². The average Bonchev–Trinajstić information content (AvgIpc) is 3.45. The Morgan fingerprint density at radius 2 is 2.07 bits per heavy atom. The van der Waals surface area contributed by atoms with Crippen LogP contribution in [-0.4, -0.2) is 39.5 Å². The van der Waals surface area contributed by atoms with Crippen LogP contribution in [0.2, 0.25) is 0 Å². The number of hydrogen-bond acceptors (Lipinski definition) is 8. The first-order valence-electron chi connectivity index (χ1n) is 8.68. The van der Waals surface area contributed by atoms with Gasteiger partial charge in [0.2, 0.25) is 5.82 Å². The van der Waals surface area contributed by atoms with Gasteiger partial charge in [-0.05, 0) is 23.9 Å². The van der Waals surface area contributed by atoms with Crippen LogP contribution in [0.1, 0.15) is 18.4 Å². The number of benzene rings is 1. The number of imide groups is 1. The number of hydrogen-bond donors (Lipinski definition) is 1. The van der Waals surface area contributed by atoms with E-state index in [1.807, 2.05) is 22.9 Å². The number of nitrogens with one attached hydrogen (secondary N) is 1. The van der Waals surface area contributed by atoms with E-state index in [1.165, 1.54) is 11.3 Å². The van der Waals surface area contributed by atoms with E-state index in [1.54, 1.807) is 31.2 Å². The molecule has 10 heteroatoms. The first kappa shape index (κ1) is 18.8. The monoisotopic (exact) mass is 412 g/mol. The number of rotatable bonds is 6. The van der Waals surface area contributed by atoms with Crippen molar-refractivity contribution in [3.63, 3.8) is 0 Å².